The van der Waals surface area contributed by atoms with Gasteiger partial charge in [-0.05, 0) is 74.0 Å². The van der Waals surface area contributed by atoms with Crippen LogP contribution in [-0.2, 0) is 6.42 Å². The number of benzene rings is 2. The molecular weight excluding hydrogens is 312 g/mol. The highest BCUT2D eigenvalue weighted by Crippen LogP contribution is 2.17. The van der Waals surface area contributed by atoms with Gasteiger partial charge in [0.1, 0.15) is 0 Å². The number of carbonyl (C=O) groups is 1. The molecule has 0 atom stereocenters. The van der Waals surface area contributed by atoms with Crippen molar-refractivity contribution in [2.75, 3.05) is 6.54 Å². The fourth-order valence-electron chi connectivity index (χ4n) is 2.91. The van der Waals surface area contributed by atoms with Crippen molar-refractivity contribution in [3.05, 3.63) is 80.6 Å². The molecule has 4 heteroatoms. The van der Waals surface area contributed by atoms with E-state index in [9.17, 15) is 9.59 Å². The maximum atomic E-state index is 12.3. The van der Waals surface area contributed by atoms with Crippen molar-refractivity contribution in [3.63, 3.8) is 0 Å². The van der Waals surface area contributed by atoms with Gasteiger partial charge < -0.3 is 10.3 Å². The number of H-pyrrole nitrogens is 1. The summed E-state index contributed by atoms with van der Waals surface area (Å²) in [5.41, 5.74) is 5.46. The molecule has 1 aromatic heterocycles. The topological polar surface area (TPSA) is 62.0 Å². The first-order valence-electron chi connectivity index (χ1n) is 8.42. The Balaban J connectivity index is 1.73. The summed E-state index contributed by atoms with van der Waals surface area (Å²) in [6.45, 7) is 6.46. The number of hydrogen-bond acceptors (Lipinski definition) is 2. The Morgan fingerprint density at radius 2 is 1.80 bits per heavy atom. The molecule has 1 heterocycles. The van der Waals surface area contributed by atoms with Crippen LogP contribution < -0.4 is 10.9 Å². The summed E-state index contributed by atoms with van der Waals surface area (Å²) in [7, 11) is 0. The van der Waals surface area contributed by atoms with Crippen LogP contribution in [0.4, 0.5) is 0 Å². The normalized spacial score (nSPS) is 10.8. The highest BCUT2D eigenvalue weighted by molar-refractivity contribution is 5.94. The van der Waals surface area contributed by atoms with Crippen molar-refractivity contribution in [3.8, 4) is 0 Å². The van der Waals surface area contributed by atoms with Crippen LogP contribution in [0.15, 0.2) is 47.3 Å². The number of amides is 1. The summed E-state index contributed by atoms with van der Waals surface area (Å²) in [6, 6.07) is 13.4. The monoisotopic (exact) mass is 334 g/mol. The van der Waals surface area contributed by atoms with E-state index >= 15 is 0 Å². The second-order valence-corrected chi connectivity index (χ2v) is 6.52. The quantitative estimate of drug-likeness (QED) is 0.768. The Bertz CT molecular complexity index is 1000. The van der Waals surface area contributed by atoms with Gasteiger partial charge in [0.25, 0.3) is 11.5 Å². The number of pyridine rings is 1. The Kier molecular flexibility index (Phi) is 4.70. The molecule has 3 aromatic rings. The van der Waals surface area contributed by atoms with Gasteiger partial charge in [0.15, 0.2) is 0 Å². The van der Waals surface area contributed by atoms with E-state index in [2.05, 4.69) is 23.3 Å². The average Bonchev–Trinajstić information content (AvgIpc) is 2.57. The van der Waals surface area contributed by atoms with E-state index in [0.717, 1.165) is 22.0 Å². The molecule has 0 saturated carbocycles. The first-order valence-corrected chi connectivity index (χ1v) is 8.42. The van der Waals surface area contributed by atoms with E-state index in [1.165, 1.54) is 5.56 Å². The fourth-order valence-corrected chi connectivity index (χ4v) is 2.91. The zero-order valence-corrected chi connectivity index (χ0v) is 14.8. The van der Waals surface area contributed by atoms with Crippen LogP contribution in [0.1, 0.15) is 32.6 Å². The van der Waals surface area contributed by atoms with Gasteiger partial charge in [-0.2, -0.15) is 0 Å². The van der Waals surface area contributed by atoms with E-state index in [0.29, 0.717) is 24.1 Å². The van der Waals surface area contributed by atoms with Crippen LogP contribution in [0.5, 0.6) is 0 Å². The molecule has 0 fully saturated rings. The Hall–Kier alpha value is -2.88. The number of aromatic nitrogens is 1. The highest BCUT2D eigenvalue weighted by Gasteiger charge is 2.08. The molecule has 0 aliphatic heterocycles. The van der Waals surface area contributed by atoms with Crippen molar-refractivity contribution >= 4 is 16.8 Å². The smallest absolute Gasteiger partial charge is 0.251 e. The third-order valence-electron chi connectivity index (χ3n) is 4.50. The molecule has 0 saturated heterocycles. The number of hydrogen-bond donors (Lipinski definition) is 2. The number of nitrogens with one attached hydrogen (secondary N) is 2. The van der Waals surface area contributed by atoms with Crippen molar-refractivity contribution in [2.45, 2.75) is 27.2 Å². The summed E-state index contributed by atoms with van der Waals surface area (Å²) in [6.07, 6.45) is 0.496. The van der Waals surface area contributed by atoms with E-state index < -0.39 is 0 Å². The Labute approximate surface area is 146 Å². The van der Waals surface area contributed by atoms with Crippen LogP contribution >= 0.6 is 0 Å². The number of rotatable bonds is 4. The number of aromatic amines is 1. The molecule has 2 aromatic carbocycles. The van der Waals surface area contributed by atoms with Crippen molar-refractivity contribution in [1.29, 1.82) is 0 Å². The lowest BCUT2D eigenvalue weighted by Crippen LogP contribution is -2.27. The van der Waals surface area contributed by atoms with Gasteiger partial charge >= 0.3 is 0 Å². The maximum Gasteiger partial charge on any atom is 0.251 e. The SMILES string of the molecule is Cc1cccc(C(=O)NCCc2cc3cc(C)c(C)cc3[nH]c2=O)c1. The molecule has 0 unspecified atom stereocenters. The molecule has 0 spiro atoms. The summed E-state index contributed by atoms with van der Waals surface area (Å²) in [5, 5.41) is 3.90. The van der Waals surface area contributed by atoms with Crippen LogP contribution in [-0.4, -0.2) is 17.4 Å². The molecule has 128 valence electrons. The number of aryl methyl sites for hydroxylation is 3. The lowest BCUT2D eigenvalue weighted by molar-refractivity contribution is 0.0954. The second kappa shape index (κ2) is 6.93. The summed E-state index contributed by atoms with van der Waals surface area (Å²) in [5.74, 6) is -0.118. The molecule has 0 aliphatic carbocycles. The van der Waals surface area contributed by atoms with Gasteiger partial charge in [-0.25, -0.2) is 0 Å². The molecule has 0 aliphatic rings. The predicted octanol–water partition coefficient (Wildman–Crippen LogP) is 3.43. The first-order chi connectivity index (χ1) is 11.9. The van der Waals surface area contributed by atoms with Gasteiger partial charge in [-0.15, -0.1) is 0 Å². The third-order valence-corrected chi connectivity index (χ3v) is 4.50. The first kappa shape index (κ1) is 17.0. The summed E-state index contributed by atoms with van der Waals surface area (Å²) < 4.78 is 0. The van der Waals surface area contributed by atoms with E-state index in [-0.39, 0.29) is 11.5 Å². The lowest BCUT2D eigenvalue weighted by atomic mass is 10.0. The summed E-state index contributed by atoms with van der Waals surface area (Å²) in [4.78, 5) is 27.4. The van der Waals surface area contributed by atoms with E-state index in [1.54, 1.807) is 6.07 Å². The molecule has 25 heavy (non-hydrogen) atoms. The molecular formula is C21H22N2O2. The number of carbonyl (C=O) groups excluding carboxylic acids is 1. The van der Waals surface area contributed by atoms with Gasteiger partial charge in [0.2, 0.25) is 0 Å². The molecule has 4 nitrogen and oxygen atoms in total. The minimum Gasteiger partial charge on any atom is -0.352 e. The molecule has 0 bridgehead atoms. The van der Waals surface area contributed by atoms with Gasteiger partial charge in [-0.3, -0.25) is 9.59 Å². The van der Waals surface area contributed by atoms with Crippen LogP contribution in [0.25, 0.3) is 10.9 Å². The zero-order valence-electron chi connectivity index (χ0n) is 14.8. The fraction of sp³-hybridized carbons (Fsp3) is 0.238. The van der Waals surface area contributed by atoms with Gasteiger partial charge in [-0.1, -0.05) is 17.7 Å². The summed E-state index contributed by atoms with van der Waals surface area (Å²) >= 11 is 0. The Morgan fingerprint density at radius 3 is 2.56 bits per heavy atom. The zero-order chi connectivity index (χ0) is 18.0. The average molecular weight is 334 g/mol. The standard InChI is InChI=1S/C21H22N2O2/c1-13-5-4-6-16(9-13)20(24)22-8-7-17-12-18-10-14(2)15(3)11-19(18)23-21(17)25/h4-6,9-12H,7-8H2,1-3H3,(H,22,24)(H,23,25). The van der Waals surface area contributed by atoms with E-state index in [4.69, 9.17) is 0 Å². The molecule has 2 N–H and O–H groups in total. The van der Waals surface area contributed by atoms with Crippen molar-refractivity contribution in [2.24, 2.45) is 0 Å². The van der Waals surface area contributed by atoms with E-state index in [1.807, 2.05) is 44.2 Å². The minimum atomic E-state index is -0.118. The highest BCUT2D eigenvalue weighted by atomic mass is 16.1. The molecule has 1 amide bonds. The molecule has 0 radical (unpaired) electrons. The maximum absolute atomic E-state index is 12.3. The predicted molar refractivity (Wildman–Crippen MR) is 101 cm³/mol. The van der Waals surface area contributed by atoms with Gasteiger partial charge in [0.05, 0.1) is 0 Å². The van der Waals surface area contributed by atoms with Crippen LogP contribution in [0, 0.1) is 20.8 Å². The Morgan fingerprint density at radius 1 is 1.04 bits per heavy atom. The number of fused-ring (bicyclic) bond motifs is 1. The lowest BCUT2D eigenvalue weighted by Gasteiger charge is -2.08. The minimum absolute atomic E-state index is 0.0967. The van der Waals surface area contributed by atoms with Gasteiger partial charge in [0, 0.05) is 23.2 Å². The second-order valence-electron chi connectivity index (χ2n) is 6.52. The van der Waals surface area contributed by atoms with Crippen LogP contribution in [0.3, 0.4) is 0 Å². The third kappa shape index (κ3) is 3.79. The molecule has 3 rings (SSSR count). The largest absolute Gasteiger partial charge is 0.352 e. The van der Waals surface area contributed by atoms with Crippen LogP contribution in [0.2, 0.25) is 0 Å². The van der Waals surface area contributed by atoms with Crippen molar-refractivity contribution in [1.82, 2.24) is 10.3 Å². The van der Waals surface area contributed by atoms with Crippen molar-refractivity contribution < 1.29 is 4.79 Å².